The minimum absolute atomic E-state index is 0.0182. The molecule has 0 saturated carbocycles. The first kappa shape index (κ1) is 17.4. The third-order valence-electron chi connectivity index (χ3n) is 3.47. The van der Waals surface area contributed by atoms with Crippen molar-refractivity contribution in [2.24, 2.45) is 0 Å². The average Bonchev–Trinajstić information content (AvgIpc) is 3.01. The summed E-state index contributed by atoms with van der Waals surface area (Å²) in [6, 6.07) is 11.8. The van der Waals surface area contributed by atoms with Gasteiger partial charge < -0.3 is 15.0 Å². The Morgan fingerprint density at radius 1 is 1.32 bits per heavy atom. The number of fused-ring (bicyclic) bond motifs is 1. The molecule has 130 valence electrons. The topological polar surface area (TPSA) is 79.9 Å². The fraction of sp³-hybridized carbons (Fsp3) is 0.278. The highest BCUT2D eigenvalue weighted by molar-refractivity contribution is 7.99. The summed E-state index contributed by atoms with van der Waals surface area (Å²) >= 11 is 1.60. The van der Waals surface area contributed by atoms with E-state index in [2.05, 4.69) is 20.3 Å². The Labute approximate surface area is 150 Å². The number of carbonyl (C=O) groups is 1. The first-order valence-electron chi connectivity index (χ1n) is 8.04. The normalized spacial score (nSPS) is 10.9. The molecular weight excluding hydrogens is 336 g/mol. The summed E-state index contributed by atoms with van der Waals surface area (Å²) in [7, 11) is 0. The molecule has 0 bridgehead atoms. The van der Waals surface area contributed by atoms with Crippen LogP contribution in [0.1, 0.15) is 11.4 Å². The number of thioether (sulfide) groups is 1. The van der Waals surface area contributed by atoms with Gasteiger partial charge in [-0.25, -0.2) is 9.97 Å². The lowest BCUT2D eigenvalue weighted by Crippen LogP contribution is -2.29. The fourth-order valence-corrected chi connectivity index (χ4v) is 3.04. The molecule has 2 heterocycles. The Balaban J connectivity index is 1.34. The van der Waals surface area contributed by atoms with Crippen LogP contribution in [0.5, 0.6) is 0 Å². The number of hydrogen-bond donors (Lipinski definition) is 2. The molecule has 2 aromatic heterocycles. The van der Waals surface area contributed by atoms with Crippen molar-refractivity contribution in [3.63, 3.8) is 0 Å². The smallest absolute Gasteiger partial charge is 0.246 e. The number of benzene rings is 1. The van der Waals surface area contributed by atoms with E-state index in [0.717, 1.165) is 27.6 Å². The Morgan fingerprint density at radius 2 is 2.24 bits per heavy atom. The number of ether oxygens (including phenoxy) is 1. The molecule has 1 amide bonds. The highest BCUT2D eigenvalue weighted by Gasteiger charge is 2.05. The molecule has 3 aromatic rings. The summed E-state index contributed by atoms with van der Waals surface area (Å²) in [6.07, 6.45) is 1.76. The molecule has 0 radical (unpaired) electrons. The third-order valence-corrected chi connectivity index (χ3v) is 4.42. The molecule has 0 aliphatic carbocycles. The van der Waals surface area contributed by atoms with Crippen molar-refractivity contribution in [1.29, 1.82) is 0 Å². The third kappa shape index (κ3) is 5.30. The van der Waals surface area contributed by atoms with Crippen molar-refractivity contribution in [2.45, 2.75) is 18.6 Å². The predicted molar refractivity (Wildman–Crippen MR) is 98.5 cm³/mol. The number of nitrogens with one attached hydrogen (secondary N) is 2. The minimum atomic E-state index is -0.131. The van der Waals surface area contributed by atoms with Gasteiger partial charge >= 0.3 is 0 Å². The monoisotopic (exact) mass is 356 g/mol. The zero-order valence-electron chi connectivity index (χ0n) is 14.0. The first-order valence-corrected chi connectivity index (χ1v) is 9.03. The van der Waals surface area contributed by atoms with Crippen molar-refractivity contribution in [2.75, 3.05) is 18.9 Å². The van der Waals surface area contributed by atoms with Crippen molar-refractivity contribution in [3.05, 3.63) is 54.0 Å². The second-order valence-electron chi connectivity index (χ2n) is 5.56. The van der Waals surface area contributed by atoms with Gasteiger partial charge in [0.2, 0.25) is 5.91 Å². The van der Waals surface area contributed by atoms with Gasteiger partial charge in [0.15, 0.2) is 0 Å². The van der Waals surface area contributed by atoms with Gasteiger partial charge in [0.1, 0.15) is 19.0 Å². The predicted octanol–water partition coefficient (Wildman–Crippen LogP) is 2.69. The highest BCUT2D eigenvalue weighted by Crippen LogP contribution is 2.14. The van der Waals surface area contributed by atoms with Crippen LogP contribution in [0.15, 0.2) is 47.6 Å². The lowest BCUT2D eigenvalue weighted by atomic mass is 10.2. The first-order chi connectivity index (χ1) is 12.2. The van der Waals surface area contributed by atoms with Gasteiger partial charge in [0.25, 0.3) is 0 Å². The summed E-state index contributed by atoms with van der Waals surface area (Å²) in [6.45, 7) is 2.91. The van der Waals surface area contributed by atoms with Crippen LogP contribution in [0, 0.1) is 6.92 Å². The molecule has 3 rings (SSSR count). The molecule has 2 N–H and O–H groups in total. The van der Waals surface area contributed by atoms with E-state index in [9.17, 15) is 4.79 Å². The van der Waals surface area contributed by atoms with Crippen LogP contribution in [0.25, 0.3) is 11.0 Å². The van der Waals surface area contributed by atoms with Crippen LogP contribution in [-0.4, -0.2) is 39.8 Å². The van der Waals surface area contributed by atoms with Gasteiger partial charge in [-0.2, -0.15) is 0 Å². The van der Waals surface area contributed by atoms with Gasteiger partial charge in [-0.15, -0.1) is 11.8 Å². The van der Waals surface area contributed by atoms with E-state index in [4.69, 9.17) is 4.74 Å². The molecule has 0 spiro atoms. The SMILES string of the molecule is Cc1ccc2nc(COCC(=O)NCCSc3ccccn3)[nH]c2c1. The van der Waals surface area contributed by atoms with E-state index in [0.29, 0.717) is 6.54 Å². The standard InChI is InChI=1S/C18H20N4O2S/c1-13-5-6-14-15(10-13)22-16(21-14)11-24-12-17(23)19-8-9-25-18-4-2-3-7-20-18/h2-7,10H,8-9,11-12H2,1H3,(H,19,23)(H,21,22). The Bertz CT molecular complexity index is 835. The quantitative estimate of drug-likeness (QED) is 0.479. The summed E-state index contributed by atoms with van der Waals surface area (Å²) in [5, 5.41) is 3.78. The molecular formula is C18H20N4O2S. The summed E-state index contributed by atoms with van der Waals surface area (Å²) in [5.41, 5.74) is 3.06. The van der Waals surface area contributed by atoms with Gasteiger partial charge in [-0.05, 0) is 36.8 Å². The number of aromatic amines is 1. The number of carbonyl (C=O) groups excluding carboxylic acids is 1. The van der Waals surface area contributed by atoms with Gasteiger partial charge in [0, 0.05) is 18.5 Å². The van der Waals surface area contributed by atoms with Gasteiger partial charge in [0.05, 0.1) is 16.1 Å². The summed E-state index contributed by atoms with van der Waals surface area (Å²) in [4.78, 5) is 23.6. The van der Waals surface area contributed by atoms with Gasteiger partial charge in [-0.1, -0.05) is 12.1 Å². The molecule has 0 atom stereocenters. The van der Waals surface area contributed by atoms with Crippen LogP contribution in [0.4, 0.5) is 0 Å². The van der Waals surface area contributed by atoms with E-state index in [1.807, 2.05) is 43.3 Å². The summed E-state index contributed by atoms with van der Waals surface area (Å²) < 4.78 is 5.43. The van der Waals surface area contributed by atoms with Crippen LogP contribution >= 0.6 is 11.8 Å². The molecule has 7 heteroatoms. The molecule has 0 aliphatic heterocycles. The Morgan fingerprint density at radius 3 is 3.08 bits per heavy atom. The number of rotatable bonds is 8. The number of amides is 1. The van der Waals surface area contributed by atoms with Gasteiger partial charge in [-0.3, -0.25) is 4.79 Å². The maximum atomic E-state index is 11.8. The van der Waals surface area contributed by atoms with E-state index in [-0.39, 0.29) is 19.1 Å². The lowest BCUT2D eigenvalue weighted by molar-refractivity contribution is -0.126. The second kappa shape index (κ2) is 8.64. The van der Waals surface area contributed by atoms with E-state index in [1.165, 1.54) is 5.56 Å². The molecule has 25 heavy (non-hydrogen) atoms. The number of H-pyrrole nitrogens is 1. The average molecular weight is 356 g/mol. The second-order valence-corrected chi connectivity index (χ2v) is 6.68. The zero-order valence-corrected chi connectivity index (χ0v) is 14.8. The molecule has 6 nitrogen and oxygen atoms in total. The summed E-state index contributed by atoms with van der Waals surface area (Å²) in [5.74, 6) is 1.36. The number of aromatic nitrogens is 3. The largest absolute Gasteiger partial charge is 0.364 e. The number of hydrogen-bond acceptors (Lipinski definition) is 5. The maximum absolute atomic E-state index is 11.8. The van der Waals surface area contributed by atoms with E-state index < -0.39 is 0 Å². The molecule has 0 aliphatic rings. The van der Waals surface area contributed by atoms with E-state index in [1.54, 1.807) is 18.0 Å². The van der Waals surface area contributed by atoms with Crippen molar-refractivity contribution < 1.29 is 9.53 Å². The molecule has 1 aromatic carbocycles. The van der Waals surface area contributed by atoms with Crippen LogP contribution in [-0.2, 0) is 16.1 Å². The van der Waals surface area contributed by atoms with E-state index >= 15 is 0 Å². The van der Waals surface area contributed by atoms with Crippen molar-refractivity contribution in [1.82, 2.24) is 20.3 Å². The van der Waals surface area contributed by atoms with Crippen molar-refractivity contribution in [3.8, 4) is 0 Å². The van der Waals surface area contributed by atoms with Crippen LogP contribution < -0.4 is 5.32 Å². The zero-order chi connectivity index (χ0) is 17.5. The van der Waals surface area contributed by atoms with Crippen LogP contribution in [0.2, 0.25) is 0 Å². The van der Waals surface area contributed by atoms with Crippen LogP contribution in [0.3, 0.4) is 0 Å². The number of nitrogens with zero attached hydrogens (tertiary/aromatic N) is 2. The van der Waals surface area contributed by atoms with Crippen molar-refractivity contribution >= 4 is 28.7 Å². The molecule has 0 unspecified atom stereocenters. The minimum Gasteiger partial charge on any atom is -0.364 e. The number of imidazole rings is 1. The fourth-order valence-electron chi connectivity index (χ4n) is 2.31. The Kier molecular flexibility index (Phi) is 6.03. The lowest BCUT2D eigenvalue weighted by Gasteiger charge is -2.05. The Hall–Kier alpha value is -2.38. The molecule has 0 saturated heterocycles. The maximum Gasteiger partial charge on any atom is 0.246 e. The number of pyridine rings is 1. The highest BCUT2D eigenvalue weighted by atomic mass is 32.2. The molecule has 0 fully saturated rings. The number of aryl methyl sites for hydroxylation is 1.